The van der Waals surface area contributed by atoms with E-state index in [2.05, 4.69) is 49.1 Å². The summed E-state index contributed by atoms with van der Waals surface area (Å²) in [5.74, 6) is 3.24. The third-order valence-electron chi connectivity index (χ3n) is 4.00. The zero-order valence-corrected chi connectivity index (χ0v) is 14.6. The highest BCUT2D eigenvalue weighted by molar-refractivity contribution is 6.87. The first kappa shape index (κ1) is 19.0. The fraction of sp³-hybridized carbons (Fsp3) is 0.706. The molecule has 0 bridgehead atoms. The van der Waals surface area contributed by atoms with E-state index < -0.39 is 8.07 Å². The molecule has 0 amide bonds. The molecular weight excluding hydrogens is 264 g/mol. The van der Waals surface area contributed by atoms with E-state index in [1.165, 1.54) is 25.2 Å². The second-order valence-corrected chi connectivity index (χ2v) is 10.1. The van der Waals surface area contributed by atoms with Crippen molar-refractivity contribution < 1.29 is 9.53 Å². The maximum Gasteiger partial charge on any atom is 0.305 e. The SMILES string of the molecule is CC[Si](C#CC/C=C\CCCCC(=O)OC)(CC)CC. The molecule has 114 valence electrons. The Morgan fingerprint density at radius 2 is 1.75 bits per heavy atom. The number of carbonyl (C=O) groups excluding carboxylic acids is 1. The average Bonchev–Trinajstić information content (AvgIpc) is 2.49. The van der Waals surface area contributed by atoms with E-state index in [4.69, 9.17) is 0 Å². The first-order chi connectivity index (χ1) is 9.64. The molecule has 0 unspecified atom stereocenters. The van der Waals surface area contributed by atoms with Gasteiger partial charge in [0.2, 0.25) is 0 Å². The van der Waals surface area contributed by atoms with Crippen LogP contribution < -0.4 is 0 Å². The molecule has 0 aromatic rings. The lowest BCUT2D eigenvalue weighted by atomic mass is 10.2. The van der Waals surface area contributed by atoms with Gasteiger partial charge < -0.3 is 4.74 Å². The Morgan fingerprint density at radius 3 is 2.30 bits per heavy atom. The standard InChI is InChI=1S/C17H30O2Si/c1-5-20(6-2,7-3)16-14-12-10-8-9-11-13-15-17(18)19-4/h8,10H,5-7,9,11-13,15H2,1-4H3/b10-8-. The number of unbranched alkanes of at least 4 members (excludes halogenated alkanes) is 2. The highest BCUT2D eigenvalue weighted by Gasteiger charge is 2.23. The van der Waals surface area contributed by atoms with E-state index in [0.29, 0.717) is 6.42 Å². The van der Waals surface area contributed by atoms with Crippen molar-refractivity contribution in [2.75, 3.05) is 7.11 Å². The van der Waals surface area contributed by atoms with Gasteiger partial charge in [-0.05, 0) is 37.4 Å². The van der Waals surface area contributed by atoms with Gasteiger partial charge in [-0.25, -0.2) is 0 Å². The Morgan fingerprint density at radius 1 is 1.10 bits per heavy atom. The zero-order valence-electron chi connectivity index (χ0n) is 13.6. The van der Waals surface area contributed by atoms with Gasteiger partial charge in [-0.3, -0.25) is 4.79 Å². The minimum absolute atomic E-state index is 0.111. The quantitative estimate of drug-likeness (QED) is 0.202. The number of carbonyl (C=O) groups is 1. The van der Waals surface area contributed by atoms with Gasteiger partial charge in [0.1, 0.15) is 8.07 Å². The van der Waals surface area contributed by atoms with E-state index in [0.717, 1.165) is 25.7 Å². The van der Waals surface area contributed by atoms with Crippen molar-refractivity contribution in [2.24, 2.45) is 0 Å². The summed E-state index contributed by atoms with van der Waals surface area (Å²) in [6, 6.07) is 3.80. The zero-order chi connectivity index (χ0) is 15.3. The number of rotatable bonds is 9. The van der Waals surface area contributed by atoms with E-state index >= 15 is 0 Å². The third kappa shape index (κ3) is 8.22. The van der Waals surface area contributed by atoms with Gasteiger partial charge in [-0.15, -0.1) is 11.5 Å². The molecule has 0 aromatic heterocycles. The molecule has 0 spiro atoms. The summed E-state index contributed by atoms with van der Waals surface area (Å²) in [6.45, 7) is 6.85. The largest absolute Gasteiger partial charge is 0.469 e. The van der Waals surface area contributed by atoms with Crippen molar-refractivity contribution in [1.82, 2.24) is 0 Å². The number of ether oxygens (including phenoxy) is 1. The molecule has 0 saturated carbocycles. The topological polar surface area (TPSA) is 26.3 Å². The maximum atomic E-state index is 10.9. The van der Waals surface area contributed by atoms with Crippen LogP contribution in [0.15, 0.2) is 12.2 Å². The molecule has 0 fully saturated rings. The van der Waals surface area contributed by atoms with Crippen LogP contribution in [0.5, 0.6) is 0 Å². The highest BCUT2D eigenvalue weighted by atomic mass is 28.3. The highest BCUT2D eigenvalue weighted by Crippen LogP contribution is 2.18. The normalized spacial score (nSPS) is 11.2. The van der Waals surface area contributed by atoms with Crippen LogP contribution in [0.3, 0.4) is 0 Å². The van der Waals surface area contributed by atoms with E-state index in [9.17, 15) is 4.79 Å². The first-order valence-corrected chi connectivity index (χ1v) is 10.5. The smallest absolute Gasteiger partial charge is 0.305 e. The molecule has 0 aliphatic carbocycles. The van der Waals surface area contributed by atoms with Gasteiger partial charge in [-0.1, -0.05) is 32.9 Å². The summed E-state index contributed by atoms with van der Waals surface area (Å²) >= 11 is 0. The molecule has 0 aliphatic rings. The molecule has 0 rings (SSSR count). The fourth-order valence-electron chi connectivity index (χ4n) is 2.15. The lowest BCUT2D eigenvalue weighted by Crippen LogP contribution is -2.29. The minimum Gasteiger partial charge on any atom is -0.469 e. The molecule has 0 aromatic carbocycles. The molecular formula is C17H30O2Si. The number of hydrogen-bond acceptors (Lipinski definition) is 2. The molecule has 3 heteroatoms. The van der Waals surface area contributed by atoms with Crippen LogP contribution in [0.25, 0.3) is 0 Å². The van der Waals surface area contributed by atoms with Crippen molar-refractivity contribution in [2.45, 2.75) is 71.0 Å². The van der Waals surface area contributed by atoms with Gasteiger partial charge in [0.25, 0.3) is 0 Å². The molecule has 2 nitrogen and oxygen atoms in total. The molecule has 0 atom stereocenters. The minimum atomic E-state index is -1.26. The predicted molar refractivity (Wildman–Crippen MR) is 89.2 cm³/mol. The van der Waals surface area contributed by atoms with Gasteiger partial charge in [0.05, 0.1) is 7.11 Å². The summed E-state index contributed by atoms with van der Waals surface area (Å²) in [5, 5.41) is 0. The molecule has 0 radical (unpaired) electrons. The van der Waals surface area contributed by atoms with Crippen LogP contribution in [0.4, 0.5) is 0 Å². The summed E-state index contributed by atoms with van der Waals surface area (Å²) in [6.07, 6.45) is 8.70. The Bertz CT molecular complexity index is 337. The van der Waals surface area contributed by atoms with Crippen LogP contribution >= 0.6 is 0 Å². The fourth-order valence-corrected chi connectivity index (χ4v) is 4.65. The second-order valence-electron chi connectivity index (χ2n) is 5.14. The summed E-state index contributed by atoms with van der Waals surface area (Å²) in [4.78, 5) is 10.9. The average molecular weight is 295 g/mol. The van der Waals surface area contributed by atoms with Gasteiger partial charge >= 0.3 is 5.97 Å². The summed E-state index contributed by atoms with van der Waals surface area (Å²) in [5.41, 5.74) is 3.58. The molecule has 0 aliphatic heterocycles. The monoisotopic (exact) mass is 294 g/mol. The Balaban J connectivity index is 3.84. The van der Waals surface area contributed by atoms with Crippen LogP contribution in [0.1, 0.15) is 52.9 Å². The lowest BCUT2D eigenvalue weighted by molar-refractivity contribution is -0.140. The molecule has 20 heavy (non-hydrogen) atoms. The lowest BCUT2D eigenvalue weighted by Gasteiger charge is -2.19. The maximum absolute atomic E-state index is 10.9. The van der Waals surface area contributed by atoms with Crippen molar-refractivity contribution in [3.63, 3.8) is 0 Å². The van der Waals surface area contributed by atoms with Gasteiger partial charge in [0, 0.05) is 12.8 Å². The number of esters is 1. The summed E-state index contributed by atoms with van der Waals surface area (Å²) < 4.78 is 4.60. The van der Waals surface area contributed by atoms with Crippen molar-refractivity contribution in [1.29, 1.82) is 0 Å². The van der Waals surface area contributed by atoms with E-state index in [-0.39, 0.29) is 5.97 Å². The van der Waals surface area contributed by atoms with Gasteiger partial charge in [-0.2, -0.15) is 0 Å². The first-order valence-electron chi connectivity index (χ1n) is 7.86. The van der Waals surface area contributed by atoms with Crippen LogP contribution in [0.2, 0.25) is 18.1 Å². The summed E-state index contributed by atoms with van der Waals surface area (Å²) in [7, 11) is 0.176. The number of methoxy groups -OCH3 is 1. The van der Waals surface area contributed by atoms with Gasteiger partial charge in [0.15, 0.2) is 0 Å². The Kier molecular flexibility index (Phi) is 11.2. The van der Waals surface area contributed by atoms with Crippen LogP contribution in [0, 0.1) is 11.5 Å². The molecule has 0 saturated heterocycles. The molecule has 0 N–H and O–H groups in total. The third-order valence-corrected chi connectivity index (χ3v) is 8.77. The van der Waals surface area contributed by atoms with E-state index in [1.807, 2.05) is 0 Å². The van der Waals surface area contributed by atoms with Crippen molar-refractivity contribution in [3.05, 3.63) is 12.2 Å². The van der Waals surface area contributed by atoms with Crippen LogP contribution in [-0.2, 0) is 9.53 Å². The Labute approximate surface area is 126 Å². The second kappa shape index (κ2) is 11.8. The van der Waals surface area contributed by atoms with Crippen molar-refractivity contribution >= 4 is 14.0 Å². The number of hydrogen-bond donors (Lipinski definition) is 0. The number of allylic oxidation sites excluding steroid dienone is 2. The van der Waals surface area contributed by atoms with Crippen molar-refractivity contribution in [3.8, 4) is 11.5 Å². The van der Waals surface area contributed by atoms with Crippen LogP contribution in [-0.4, -0.2) is 21.2 Å². The molecule has 0 heterocycles. The Hall–Kier alpha value is -1.01. The predicted octanol–water partition coefficient (Wildman–Crippen LogP) is 4.72. The van der Waals surface area contributed by atoms with E-state index in [1.54, 1.807) is 0 Å².